The quantitative estimate of drug-likeness (QED) is 0.394. The van der Waals surface area contributed by atoms with E-state index in [1.807, 2.05) is 30.3 Å². The molecule has 7 heteroatoms. The Hall–Kier alpha value is -1.83. The maximum atomic E-state index is 6.47. The molecule has 0 N–H and O–H groups in total. The average molecular weight is 520 g/mol. The molecule has 3 heterocycles. The molecule has 2 atom stereocenters. The predicted molar refractivity (Wildman–Crippen MR) is 118 cm³/mol. The van der Waals surface area contributed by atoms with Crippen molar-refractivity contribution in [3.63, 3.8) is 0 Å². The van der Waals surface area contributed by atoms with Crippen LogP contribution in [-0.4, -0.2) is 17.8 Å². The van der Waals surface area contributed by atoms with Gasteiger partial charge in [0.25, 0.3) is 0 Å². The molecule has 0 fully saturated rings. The molecule has 2 aromatic carbocycles. The topological polar surface area (TPSA) is 34.1 Å². The van der Waals surface area contributed by atoms with Gasteiger partial charge >= 0.3 is 0 Å². The van der Waals surface area contributed by atoms with Crippen molar-refractivity contribution in [2.75, 3.05) is 7.11 Å². The standard InChI is InChI=1S/C21H16Br2N2O2S/c1-26-14-6-4-12(5-7-14)21-25-18(11-17(24-25)19-3-2-8-28-19)15-9-13(22)10-16(23)20(15)27-21/h2-10,18,21H,11H2,1H3. The summed E-state index contributed by atoms with van der Waals surface area (Å²) in [4.78, 5) is 1.21. The van der Waals surface area contributed by atoms with Gasteiger partial charge in [0, 0.05) is 22.0 Å². The minimum absolute atomic E-state index is 0.127. The molecule has 0 bridgehead atoms. The highest BCUT2D eigenvalue weighted by Crippen LogP contribution is 2.51. The van der Waals surface area contributed by atoms with Gasteiger partial charge in [-0.2, -0.15) is 5.10 Å². The van der Waals surface area contributed by atoms with Crippen LogP contribution in [0, 0.1) is 0 Å². The first-order valence-corrected chi connectivity index (χ1v) is 11.3. The lowest BCUT2D eigenvalue weighted by atomic mass is 9.97. The van der Waals surface area contributed by atoms with Crippen molar-refractivity contribution in [1.29, 1.82) is 0 Å². The fourth-order valence-electron chi connectivity index (χ4n) is 3.69. The van der Waals surface area contributed by atoms with E-state index in [4.69, 9.17) is 14.6 Å². The molecule has 5 rings (SSSR count). The zero-order chi connectivity index (χ0) is 19.3. The van der Waals surface area contributed by atoms with E-state index in [1.165, 1.54) is 4.88 Å². The van der Waals surface area contributed by atoms with Crippen molar-refractivity contribution in [2.45, 2.75) is 18.7 Å². The van der Waals surface area contributed by atoms with Crippen molar-refractivity contribution >= 4 is 48.9 Å². The third kappa shape index (κ3) is 3.06. The van der Waals surface area contributed by atoms with Crippen molar-refractivity contribution < 1.29 is 9.47 Å². The number of hydrogen-bond acceptors (Lipinski definition) is 5. The minimum atomic E-state index is -0.293. The van der Waals surface area contributed by atoms with Crippen molar-refractivity contribution in [3.8, 4) is 11.5 Å². The number of fused-ring (bicyclic) bond motifs is 3. The summed E-state index contributed by atoms with van der Waals surface area (Å²) < 4.78 is 13.7. The first kappa shape index (κ1) is 18.2. The number of ether oxygens (including phenoxy) is 2. The fourth-order valence-corrected chi connectivity index (χ4v) is 5.77. The summed E-state index contributed by atoms with van der Waals surface area (Å²) in [5, 5.41) is 9.17. The Morgan fingerprint density at radius 1 is 1.18 bits per heavy atom. The Kier molecular flexibility index (Phi) is 4.69. The SMILES string of the molecule is COc1ccc(C2Oc3c(Br)cc(Br)cc3C3CC(c4cccs4)=NN32)cc1. The number of hydrogen-bond donors (Lipinski definition) is 0. The van der Waals surface area contributed by atoms with Crippen LogP contribution in [0.15, 0.2) is 68.0 Å². The number of halogens is 2. The molecule has 4 nitrogen and oxygen atoms in total. The molecule has 28 heavy (non-hydrogen) atoms. The lowest BCUT2D eigenvalue weighted by Gasteiger charge is -2.38. The highest BCUT2D eigenvalue weighted by molar-refractivity contribution is 9.11. The molecule has 142 valence electrons. The molecule has 0 radical (unpaired) electrons. The largest absolute Gasteiger partial charge is 0.497 e. The Morgan fingerprint density at radius 3 is 2.71 bits per heavy atom. The summed E-state index contributed by atoms with van der Waals surface area (Å²) in [6.45, 7) is 0. The number of thiophene rings is 1. The fraction of sp³-hybridized carbons (Fsp3) is 0.190. The molecule has 2 aliphatic rings. The maximum absolute atomic E-state index is 6.47. The van der Waals surface area contributed by atoms with E-state index >= 15 is 0 Å². The smallest absolute Gasteiger partial charge is 0.213 e. The van der Waals surface area contributed by atoms with Gasteiger partial charge in [-0.05, 0) is 63.8 Å². The number of nitrogens with zero attached hydrogens (tertiary/aromatic N) is 2. The zero-order valence-corrected chi connectivity index (χ0v) is 18.9. The third-order valence-corrected chi connectivity index (χ3v) is 6.98. The van der Waals surface area contributed by atoms with Gasteiger partial charge in [-0.1, -0.05) is 22.0 Å². The van der Waals surface area contributed by atoms with Gasteiger partial charge in [0.2, 0.25) is 6.23 Å². The summed E-state index contributed by atoms with van der Waals surface area (Å²) in [6, 6.07) is 16.5. The molecule has 2 unspecified atom stereocenters. The highest BCUT2D eigenvalue weighted by Gasteiger charge is 2.42. The van der Waals surface area contributed by atoms with Gasteiger partial charge in [0.05, 0.1) is 28.2 Å². The first-order valence-electron chi connectivity index (χ1n) is 8.83. The normalized spacial score (nSPS) is 20.2. The van der Waals surface area contributed by atoms with Gasteiger partial charge in [-0.25, -0.2) is 5.01 Å². The van der Waals surface area contributed by atoms with E-state index in [0.29, 0.717) is 0 Å². The second-order valence-electron chi connectivity index (χ2n) is 6.67. The summed E-state index contributed by atoms with van der Waals surface area (Å²) in [5.74, 6) is 1.71. The second-order valence-corrected chi connectivity index (χ2v) is 9.39. The maximum Gasteiger partial charge on any atom is 0.213 e. The monoisotopic (exact) mass is 518 g/mol. The van der Waals surface area contributed by atoms with E-state index in [-0.39, 0.29) is 12.3 Å². The Bertz CT molecular complexity index is 1050. The van der Waals surface area contributed by atoms with Gasteiger partial charge in [0.1, 0.15) is 11.5 Å². The number of rotatable bonds is 3. The molecule has 0 spiro atoms. The van der Waals surface area contributed by atoms with Crippen molar-refractivity contribution in [2.24, 2.45) is 5.10 Å². The van der Waals surface area contributed by atoms with E-state index in [0.717, 1.165) is 43.7 Å². The van der Waals surface area contributed by atoms with Crippen LogP contribution < -0.4 is 9.47 Å². The van der Waals surface area contributed by atoms with Crippen LogP contribution >= 0.6 is 43.2 Å². The molecule has 0 amide bonds. The summed E-state index contributed by atoms with van der Waals surface area (Å²) in [6.07, 6.45) is 0.560. The Balaban J connectivity index is 1.62. The lowest BCUT2D eigenvalue weighted by Crippen LogP contribution is -2.33. The van der Waals surface area contributed by atoms with Crippen LogP contribution in [0.1, 0.15) is 34.7 Å². The van der Waals surface area contributed by atoms with E-state index in [2.05, 4.69) is 60.4 Å². The number of methoxy groups -OCH3 is 1. The van der Waals surface area contributed by atoms with Crippen LogP contribution in [0.5, 0.6) is 11.5 Å². The minimum Gasteiger partial charge on any atom is -0.497 e. The average Bonchev–Trinajstić information content (AvgIpc) is 3.37. The first-order chi connectivity index (χ1) is 13.6. The van der Waals surface area contributed by atoms with Crippen LogP contribution in [0.2, 0.25) is 0 Å². The van der Waals surface area contributed by atoms with Crippen molar-refractivity contribution in [1.82, 2.24) is 5.01 Å². The molecule has 3 aromatic rings. The summed E-state index contributed by atoms with van der Waals surface area (Å²) in [5.41, 5.74) is 3.29. The predicted octanol–water partition coefficient (Wildman–Crippen LogP) is 6.52. The highest BCUT2D eigenvalue weighted by atomic mass is 79.9. The molecule has 0 saturated carbocycles. The van der Waals surface area contributed by atoms with Crippen LogP contribution in [0.3, 0.4) is 0 Å². The number of benzene rings is 2. The zero-order valence-electron chi connectivity index (χ0n) is 14.9. The lowest BCUT2D eigenvalue weighted by molar-refractivity contribution is -0.0197. The van der Waals surface area contributed by atoms with Crippen LogP contribution in [-0.2, 0) is 0 Å². The molecule has 2 aliphatic heterocycles. The molecular weight excluding hydrogens is 504 g/mol. The van der Waals surface area contributed by atoms with Gasteiger partial charge in [-0.15, -0.1) is 11.3 Å². The van der Waals surface area contributed by atoms with Gasteiger partial charge in [-0.3, -0.25) is 0 Å². The van der Waals surface area contributed by atoms with Gasteiger partial charge in [0.15, 0.2) is 0 Å². The van der Waals surface area contributed by atoms with Gasteiger partial charge < -0.3 is 9.47 Å². The Morgan fingerprint density at radius 2 is 2.00 bits per heavy atom. The van der Waals surface area contributed by atoms with E-state index in [1.54, 1.807) is 18.4 Å². The Labute approximate surface area is 184 Å². The second kappa shape index (κ2) is 7.21. The summed E-state index contributed by atoms with van der Waals surface area (Å²) >= 11 is 9.01. The molecular formula is C21H16Br2N2O2S. The number of hydrazone groups is 1. The summed E-state index contributed by atoms with van der Waals surface area (Å²) in [7, 11) is 1.67. The molecule has 0 saturated heterocycles. The third-order valence-electron chi connectivity index (χ3n) is 5.01. The van der Waals surface area contributed by atoms with Crippen LogP contribution in [0.25, 0.3) is 0 Å². The van der Waals surface area contributed by atoms with E-state index in [9.17, 15) is 0 Å². The van der Waals surface area contributed by atoms with E-state index < -0.39 is 0 Å². The molecule has 0 aliphatic carbocycles. The van der Waals surface area contributed by atoms with Crippen LogP contribution in [0.4, 0.5) is 0 Å². The van der Waals surface area contributed by atoms with Crippen molar-refractivity contribution in [3.05, 3.63) is 78.9 Å². The molecule has 1 aromatic heterocycles.